The zero-order chi connectivity index (χ0) is 15.4. The highest BCUT2D eigenvalue weighted by Crippen LogP contribution is 2.21. The number of nitrogens with two attached hydrogens (primary N) is 1. The third-order valence-corrected chi connectivity index (χ3v) is 3.12. The van der Waals surface area contributed by atoms with Gasteiger partial charge in [-0.15, -0.1) is 0 Å². The Hall–Kier alpha value is -2.58. The summed E-state index contributed by atoms with van der Waals surface area (Å²) >= 11 is 0. The Bertz CT molecular complexity index is 736. The second-order valence-electron chi connectivity index (χ2n) is 4.60. The Kier molecular flexibility index (Phi) is 4.41. The number of carbonyl (C=O) groups is 1. The van der Waals surface area contributed by atoms with Crippen LogP contribution in [0.3, 0.4) is 0 Å². The van der Waals surface area contributed by atoms with Gasteiger partial charge in [0.2, 0.25) is 0 Å². The van der Waals surface area contributed by atoms with Gasteiger partial charge in [-0.2, -0.15) is 0 Å². The number of rotatable bonds is 2. The molecule has 0 atom stereocenters. The number of amides is 1. The minimum atomic E-state index is -0.238. The normalized spacial score (nSPS) is 9.90. The molecule has 0 unspecified atom stereocenters. The number of anilines is 1. The van der Waals surface area contributed by atoms with Crippen molar-refractivity contribution < 1.29 is 9.21 Å². The van der Waals surface area contributed by atoms with Crippen LogP contribution in [0.15, 0.2) is 22.7 Å². The van der Waals surface area contributed by atoms with Gasteiger partial charge >= 0.3 is 0 Å². The van der Waals surface area contributed by atoms with E-state index in [4.69, 9.17) is 10.2 Å². The van der Waals surface area contributed by atoms with Crippen LogP contribution in [-0.2, 0) is 0 Å². The Morgan fingerprint density at radius 1 is 1.38 bits per heavy atom. The summed E-state index contributed by atoms with van der Waals surface area (Å²) < 4.78 is 5.46. The Morgan fingerprint density at radius 2 is 2.14 bits per heavy atom. The lowest BCUT2D eigenvalue weighted by Gasteiger charge is -2.04. The predicted molar refractivity (Wildman–Crippen MR) is 81.0 cm³/mol. The first-order valence-corrected chi connectivity index (χ1v) is 6.56. The fourth-order valence-corrected chi connectivity index (χ4v) is 2.04. The third-order valence-electron chi connectivity index (χ3n) is 3.12. The molecular formula is C16H17N3O2. The van der Waals surface area contributed by atoms with Crippen LogP contribution in [0.25, 0.3) is 0 Å². The van der Waals surface area contributed by atoms with Gasteiger partial charge < -0.3 is 15.5 Å². The molecule has 0 aromatic carbocycles. The zero-order valence-corrected chi connectivity index (χ0v) is 12.3. The first-order valence-electron chi connectivity index (χ1n) is 6.56. The summed E-state index contributed by atoms with van der Waals surface area (Å²) in [5.41, 5.74) is 7.48. The average Bonchev–Trinajstić information content (AvgIpc) is 2.70. The number of aromatic nitrogens is 1. The van der Waals surface area contributed by atoms with Crippen LogP contribution in [-0.4, -0.2) is 17.4 Å². The van der Waals surface area contributed by atoms with E-state index in [1.165, 1.54) is 0 Å². The second kappa shape index (κ2) is 6.25. The molecular weight excluding hydrogens is 266 g/mol. The second-order valence-corrected chi connectivity index (χ2v) is 4.60. The van der Waals surface area contributed by atoms with E-state index >= 15 is 0 Å². The van der Waals surface area contributed by atoms with Crippen LogP contribution < -0.4 is 11.1 Å². The molecule has 0 saturated heterocycles. The smallest absolute Gasteiger partial charge is 0.260 e. The van der Waals surface area contributed by atoms with Crippen molar-refractivity contribution in [3.8, 4) is 11.8 Å². The molecule has 0 radical (unpaired) electrons. The van der Waals surface area contributed by atoms with Crippen molar-refractivity contribution in [1.82, 2.24) is 4.98 Å². The molecule has 1 amide bonds. The fourth-order valence-electron chi connectivity index (χ4n) is 2.04. The molecule has 3 N–H and O–H groups in total. The minimum Gasteiger partial charge on any atom is -0.466 e. The standard InChI is InChI=1S/C16H17N3O2/c1-10-11(2)21-12(3)15(10)16(20)19-14-9-13(5-4-7-17)6-8-18-14/h6,8-9H,7,17H2,1-3H3,(H,18,19,20). The largest absolute Gasteiger partial charge is 0.466 e. The zero-order valence-electron chi connectivity index (χ0n) is 12.3. The van der Waals surface area contributed by atoms with Crippen molar-refractivity contribution in [1.29, 1.82) is 0 Å². The molecule has 0 aliphatic heterocycles. The fraction of sp³-hybridized carbons (Fsp3) is 0.250. The molecule has 0 spiro atoms. The van der Waals surface area contributed by atoms with Crippen molar-refractivity contribution in [2.45, 2.75) is 20.8 Å². The summed E-state index contributed by atoms with van der Waals surface area (Å²) in [5.74, 6) is 7.21. The topological polar surface area (TPSA) is 81.2 Å². The number of aryl methyl sites for hydroxylation is 2. The van der Waals surface area contributed by atoms with Crippen molar-refractivity contribution in [3.05, 3.63) is 46.5 Å². The number of pyridine rings is 1. The van der Waals surface area contributed by atoms with Crippen LogP contribution in [0.1, 0.15) is 33.0 Å². The molecule has 2 rings (SSSR count). The average molecular weight is 283 g/mol. The molecule has 0 bridgehead atoms. The van der Waals surface area contributed by atoms with Crippen LogP contribution >= 0.6 is 0 Å². The lowest BCUT2D eigenvalue weighted by atomic mass is 10.1. The maximum Gasteiger partial charge on any atom is 0.260 e. The van der Waals surface area contributed by atoms with Gasteiger partial charge in [-0.3, -0.25) is 4.79 Å². The highest BCUT2D eigenvalue weighted by molar-refractivity contribution is 6.05. The molecule has 2 heterocycles. The van der Waals surface area contributed by atoms with Gasteiger partial charge in [0, 0.05) is 17.3 Å². The molecule has 5 heteroatoms. The van der Waals surface area contributed by atoms with E-state index in [0.717, 1.165) is 16.9 Å². The lowest BCUT2D eigenvalue weighted by Crippen LogP contribution is -2.14. The van der Waals surface area contributed by atoms with E-state index in [0.29, 0.717) is 17.1 Å². The number of hydrogen-bond acceptors (Lipinski definition) is 4. The first kappa shape index (κ1) is 14.8. The number of nitrogens with one attached hydrogen (secondary N) is 1. The first-order chi connectivity index (χ1) is 10.0. The van der Waals surface area contributed by atoms with Crippen molar-refractivity contribution in [2.24, 2.45) is 5.73 Å². The number of hydrogen-bond donors (Lipinski definition) is 2. The summed E-state index contributed by atoms with van der Waals surface area (Å²) in [7, 11) is 0. The Morgan fingerprint density at radius 3 is 2.76 bits per heavy atom. The SMILES string of the molecule is Cc1oc(C)c(C(=O)Nc2cc(C#CCN)ccn2)c1C. The van der Waals surface area contributed by atoms with E-state index < -0.39 is 0 Å². The highest BCUT2D eigenvalue weighted by Gasteiger charge is 2.18. The molecule has 0 fully saturated rings. The monoisotopic (exact) mass is 283 g/mol. The van der Waals surface area contributed by atoms with E-state index in [1.807, 2.05) is 13.8 Å². The summed E-state index contributed by atoms with van der Waals surface area (Å²) in [4.78, 5) is 16.4. The molecule has 108 valence electrons. The quantitative estimate of drug-likeness (QED) is 0.828. The van der Waals surface area contributed by atoms with Gasteiger partial charge in [0.15, 0.2) is 0 Å². The maximum atomic E-state index is 12.3. The molecule has 5 nitrogen and oxygen atoms in total. The minimum absolute atomic E-state index is 0.238. The molecule has 21 heavy (non-hydrogen) atoms. The molecule has 0 saturated carbocycles. The summed E-state index contributed by atoms with van der Waals surface area (Å²) in [6, 6.07) is 3.47. The highest BCUT2D eigenvalue weighted by atomic mass is 16.3. The van der Waals surface area contributed by atoms with Gasteiger partial charge in [-0.1, -0.05) is 11.8 Å². The van der Waals surface area contributed by atoms with Crippen LogP contribution in [0.2, 0.25) is 0 Å². The molecule has 0 aliphatic carbocycles. The van der Waals surface area contributed by atoms with Gasteiger partial charge in [0.05, 0.1) is 12.1 Å². The van der Waals surface area contributed by atoms with Gasteiger partial charge in [-0.05, 0) is 32.9 Å². The Balaban J connectivity index is 2.24. The maximum absolute atomic E-state index is 12.3. The lowest BCUT2D eigenvalue weighted by molar-refractivity contribution is 0.102. The van der Waals surface area contributed by atoms with Gasteiger partial charge in [0.1, 0.15) is 17.3 Å². The molecule has 2 aromatic heterocycles. The van der Waals surface area contributed by atoms with Crippen molar-refractivity contribution in [2.75, 3.05) is 11.9 Å². The number of furan rings is 1. The van der Waals surface area contributed by atoms with E-state index in [9.17, 15) is 4.79 Å². The van der Waals surface area contributed by atoms with Crippen LogP contribution in [0.4, 0.5) is 5.82 Å². The Labute approximate surface area is 123 Å². The third kappa shape index (κ3) is 3.30. The van der Waals surface area contributed by atoms with Crippen LogP contribution in [0, 0.1) is 32.6 Å². The number of nitrogens with zero attached hydrogens (tertiary/aromatic N) is 1. The summed E-state index contributed by atoms with van der Waals surface area (Å²) in [6.45, 7) is 5.75. The van der Waals surface area contributed by atoms with Crippen molar-refractivity contribution in [3.63, 3.8) is 0 Å². The molecule has 2 aromatic rings. The van der Waals surface area contributed by atoms with E-state index in [-0.39, 0.29) is 12.5 Å². The molecule has 0 aliphatic rings. The number of carbonyl (C=O) groups excluding carboxylic acids is 1. The van der Waals surface area contributed by atoms with E-state index in [2.05, 4.69) is 22.1 Å². The van der Waals surface area contributed by atoms with Gasteiger partial charge in [0.25, 0.3) is 5.91 Å². The summed E-state index contributed by atoms with van der Waals surface area (Å²) in [6.07, 6.45) is 1.59. The summed E-state index contributed by atoms with van der Waals surface area (Å²) in [5, 5.41) is 2.76. The van der Waals surface area contributed by atoms with E-state index in [1.54, 1.807) is 25.3 Å². The van der Waals surface area contributed by atoms with Crippen LogP contribution in [0.5, 0.6) is 0 Å². The predicted octanol–water partition coefficient (Wildman–Crippen LogP) is 2.16. The van der Waals surface area contributed by atoms with Crippen molar-refractivity contribution >= 4 is 11.7 Å². The van der Waals surface area contributed by atoms with Gasteiger partial charge in [-0.25, -0.2) is 4.98 Å².